The second-order valence-electron chi connectivity index (χ2n) is 5.35. The average molecular weight is 395 g/mol. The fourth-order valence-electron chi connectivity index (χ4n) is 1.39. The Morgan fingerprint density at radius 2 is 1.62 bits per heavy atom. The van der Waals surface area contributed by atoms with Gasteiger partial charge >= 0.3 is 52.8 Å². The van der Waals surface area contributed by atoms with Gasteiger partial charge in [-0.15, -0.1) is 24.8 Å². The molecule has 0 aliphatic carbocycles. The summed E-state index contributed by atoms with van der Waals surface area (Å²) >= 11 is 4.64. The van der Waals surface area contributed by atoms with E-state index in [0.717, 1.165) is 22.2 Å². The molecule has 1 aromatic rings. The smallest absolute Gasteiger partial charge is 0.147 e. The van der Waals surface area contributed by atoms with Crippen molar-refractivity contribution in [2.45, 2.75) is 52.9 Å². The number of phenols is 1. The molecule has 6 heteroatoms. The van der Waals surface area contributed by atoms with Crippen LogP contribution < -0.4 is 0 Å². The summed E-state index contributed by atoms with van der Waals surface area (Å²) in [6, 6.07) is 5.16. The van der Waals surface area contributed by atoms with Crippen LogP contribution in [0, 0.1) is 0 Å². The number of phenolic OH excluding ortho intramolecular Hbond substituents is 1. The third kappa shape index (κ3) is 11.6. The topological polar surface area (TPSA) is 20.2 Å². The molecule has 0 radical (unpaired) electrons. The van der Waals surface area contributed by atoms with Crippen molar-refractivity contribution in [2.75, 3.05) is 0 Å². The van der Waals surface area contributed by atoms with Gasteiger partial charge in [0.05, 0.1) is 0 Å². The van der Waals surface area contributed by atoms with E-state index < -0.39 is 19.2 Å². The number of hydrogen-bond donors (Lipinski definition) is 1. The van der Waals surface area contributed by atoms with Crippen LogP contribution in [0.4, 0.5) is 3.09 Å². The summed E-state index contributed by atoms with van der Waals surface area (Å²) < 4.78 is 12.9. The van der Waals surface area contributed by atoms with Gasteiger partial charge in [0.25, 0.3) is 0 Å². The molecular weight excluding hydrogens is 369 g/mol. The quantitative estimate of drug-likeness (QED) is 0.598. The first-order chi connectivity index (χ1) is 8.74. The summed E-state index contributed by atoms with van der Waals surface area (Å²) in [5, 5.41) is 9.86. The van der Waals surface area contributed by atoms with Crippen molar-refractivity contribution in [1.29, 1.82) is 0 Å². The van der Waals surface area contributed by atoms with Gasteiger partial charge in [0, 0.05) is 5.02 Å². The molecule has 0 unspecified atom stereocenters. The molecule has 0 spiro atoms. The van der Waals surface area contributed by atoms with Crippen LogP contribution in [0.3, 0.4) is 0 Å². The Bertz CT molecular complexity index is 405. The summed E-state index contributed by atoms with van der Waals surface area (Å²) in [6.45, 7) is 10.3. The maximum Gasteiger partial charge on any atom is -0.147 e. The summed E-state index contributed by atoms with van der Waals surface area (Å²) in [6.07, 6.45) is 1.90. The second-order valence-corrected chi connectivity index (χ2v) is 7.19. The van der Waals surface area contributed by atoms with Gasteiger partial charge in [0.1, 0.15) is 5.75 Å². The van der Waals surface area contributed by atoms with Crippen LogP contribution in [0.15, 0.2) is 18.2 Å². The molecule has 0 aliphatic heterocycles. The first-order valence-corrected chi connectivity index (χ1v) is 8.20. The molecule has 1 N–H and O–H groups in total. The van der Waals surface area contributed by atoms with E-state index in [9.17, 15) is 8.20 Å². The summed E-state index contributed by atoms with van der Waals surface area (Å²) in [4.78, 5) is 0. The van der Waals surface area contributed by atoms with Crippen LogP contribution in [0.1, 0.15) is 53.0 Å². The molecule has 0 fully saturated rings. The Kier molecular flexibility index (Phi) is 16.2. The minimum Gasteiger partial charge on any atom is -0.147 e. The normalized spacial score (nSPS) is 9.29. The zero-order valence-corrected chi connectivity index (χ0v) is 17.1. The van der Waals surface area contributed by atoms with Crippen molar-refractivity contribution in [3.63, 3.8) is 0 Å². The third-order valence-corrected chi connectivity index (χ3v) is 4.48. The van der Waals surface area contributed by atoms with Gasteiger partial charge in [-0.1, -0.05) is 32.4 Å². The van der Waals surface area contributed by atoms with Crippen molar-refractivity contribution in [2.24, 2.45) is 0 Å². The first kappa shape index (κ1) is 26.3. The first-order valence-electron chi connectivity index (χ1n) is 6.45. The van der Waals surface area contributed by atoms with Gasteiger partial charge in [-0.2, -0.15) is 0 Å². The van der Waals surface area contributed by atoms with E-state index in [2.05, 4.69) is 20.8 Å². The monoisotopic (exact) mass is 393 g/mol. The Labute approximate surface area is 154 Å². The third-order valence-electron chi connectivity index (χ3n) is 2.74. The minimum atomic E-state index is -1.15. The molecular formula is C15H25Cl3FOTi. The number of aromatic hydroxyl groups is 1. The van der Waals surface area contributed by atoms with E-state index >= 15 is 0 Å². The van der Waals surface area contributed by atoms with Crippen LogP contribution in [-0.2, 0) is 24.6 Å². The zero-order chi connectivity index (χ0) is 15.1. The van der Waals surface area contributed by atoms with Crippen molar-refractivity contribution in [3.8, 4) is 5.75 Å². The van der Waals surface area contributed by atoms with Crippen LogP contribution in [0.2, 0.25) is 5.02 Å². The zero-order valence-electron chi connectivity index (χ0n) is 13.2. The van der Waals surface area contributed by atoms with E-state index in [1.807, 2.05) is 19.9 Å². The molecule has 0 heterocycles. The van der Waals surface area contributed by atoms with Crippen LogP contribution in [0.5, 0.6) is 5.75 Å². The van der Waals surface area contributed by atoms with Crippen molar-refractivity contribution in [3.05, 3.63) is 28.8 Å². The Balaban J connectivity index is -0.000000317. The van der Waals surface area contributed by atoms with E-state index in [1.165, 1.54) is 6.07 Å². The van der Waals surface area contributed by atoms with E-state index in [0.29, 0.717) is 5.02 Å². The van der Waals surface area contributed by atoms with Crippen LogP contribution >= 0.6 is 36.4 Å². The van der Waals surface area contributed by atoms with E-state index in [1.54, 1.807) is 6.07 Å². The molecule has 0 aromatic heterocycles. The fraction of sp³-hybridized carbons (Fsp3) is 0.533. The predicted octanol–water partition coefficient (Wildman–Crippen LogP) is 6.13. The largest absolute Gasteiger partial charge is 0.147 e. The van der Waals surface area contributed by atoms with E-state index in [4.69, 9.17) is 11.6 Å². The number of benzene rings is 1. The molecule has 21 heavy (non-hydrogen) atoms. The minimum absolute atomic E-state index is 0. The maximum absolute atomic E-state index is 11.7. The standard InChI is InChI=1S/C10H13ClO.C5H10.2ClH.FH.Ti/c1-10(2,3)7-4-8(11)6-9(12)5-7;1-3-5-4-2;;;;/h4-6,12H,1-3H3;3-4H2,1-2H3;3*1H;/q;;;;;+1/p-1. The number of rotatable bonds is 2. The second kappa shape index (κ2) is 12.9. The average Bonchev–Trinajstić information content (AvgIpc) is 2.30. The van der Waals surface area contributed by atoms with Gasteiger partial charge in [0.2, 0.25) is 0 Å². The Hall–Kier alpha value is 0.404. The summed E-state index contributed by atoms with van der Waals surface area (Å²) in [5.41, 5.74) is 1.08. The molecule has 0 amide bonds. The molecule has 0 bridgehead atoms. The summed E-state index contributed by atoms with van der Waals surface area (Å²) in [7, 11) is 0. The number of halogens is 4. The van der Waals surface area contributed by atoms with Gasteiger partial charge in [-0.25, -0.2) is 0 Å². The molecule has 0 atom stereocenters. The van der Waals surface area contributed by atoms with Crippen LogP contribution in [0.25, 0.3) is 0 Å². The van der Waals surface area contributed by atoms with Crippen molar-refractivity contribution < 1.29 is 27.4 Å². The molecule has 1 nitrogen and oxygen atoms in total. The number of hydrogen-bond acceptors (Lipinski definition) is 1. The van der Waals surface area contributed by atoms with Crippen molar-refractivity contribution >= 4 is 40.2 Å². The Morgan fingerprint density at radius 1 is 1.14 bits per heavy atom. The molecule has 1 rings (SSSR count). The predicted molar refractivity (Wildman–Crippen MR) is 93.0 cm³/mol. The summed E-state index contributed by atoms with van der Waals surface area (Å²) in [5.74, 6) is 0.229. The van der Waals surface area contributed by atoms with Gasteiger partial charge < -0.3 is 5.11 Å². The molecule has 123 valence electrons. The Morgan fingerprint density at radius 3 is 1.86 bits per heavy atom. The maximum atomic E-state index is 11.7. The van der Waals surface area contributed by atoms with Gasteiger partial charge in [-0.3, -0.25) is 0 Å². The van der Waals surface area contributed by atoms with Gasteiger partial charge in [-0.05, 0) is 29.2 Å². The van der Waals surface area contributed by atoms with Gasteiger partial charge in [0.15, 0.2) is 0 Å². The molecule has 0 aliphatic rings. The molecule has 0 saturated heterocycles. The molecule has 0 saturated carbocycles. The van der Waals surface area contributed by atoms with Crippen LogP contribution in [-0.4, -0.2) is 8.92 Å². The molecule has 1 aromatic carbocycles. The van der Waals surface area contributed by atoms with E-state index in [-0.39, 0.29) is 36.0 Å². The fourth-order valence-corrected chi connectivity index (χ4v) is 2.04. The SMILES string of the molecule is CC(C)(C)c1cc(O)cc(Cl)c1.CC[C](CC)=[Ti][F].Cl.Cl. The van der Waals surface area contributed by atoms with Crippen molar-refractivity contribution in [1.82, 2.24) is 0 Å².